The van der Waals surface area contributed by atoms with E-state index in [1.54, 1.807) is 16.8 Å². The Labute approximate surface area is 135 Å². The van der Waals surface area contributed by atoms with Crippen molar-refractivity contribution in [3.8, 4) is 0 Å². The van der Waals surface area contributed by atoms with Crippen molar-refractivity contribution >= 4 is 11.9 Å². The van der Waals surface area contributed by atoms with Crippen molar-refractivity contribution in [2.45, 2.75) is 13.5 Å². The van der Waals surface area contributed by atoms with Crippen molar-refractivity contribution in [3.63, 3.8) is 0 Å². The third-order valence-electron chi connectivity index (χ3n) is 3.62. The first-order valence-corrected chi connectivity index (χ1v) is 7.45. The first-order chi connectivity index (χ1) is 11.2. The van der Waals surface area contributed by atoms with Gasteiger partial charge in [-0.05, 0) is 24.1 Å². The fraction of sp³-hybridized carbons (Fsp3) is 0.105. The van der Waals surface area contributed by atoms with Crippen LogP contribution in [0.3, 0.4) is 0 Å². The van der Waals surface area contributed by atoms with Gasteiger partial charge < -0.3 is 0 Å². The number of rotatable bonds is 5. The molecule has 0 unspecified atom stereocenters. The van der Waals surface area contributed by atoms with Crippen LogP contribution in [0.4, 0.5) is 0 Å². The van der Waals surface area contributed by atoms with Crippen molar-refractivity contribution in [1.82, 2.24) is 15.0 Å². The van der Waals surface area contributed by atoms with E-state index in [-0.39, 0.29) is 5.78 Å². The summed E-state index contributed by atoms with van der Waals surface area (Å²) < 4.78 is 1.75. The van der Waals surface area contributed by atoms with Crippen LogP contribution in [-0.4, -0.2) is 20.8 Å². The second-order valence-electron chi connectivity index (χ2n) is 5.27. The number of carbonyl (C=O) groups excluding carboxylic acids is 1. The van der Waals surface area contributed by atoms with E-state index in [9.17, 15) is 4.79 Å². The quantitative estimate of drug-likeness (QED) is 0.535. The molecule has 0 saturated carbocycles. The number of benzene rings is 2. The van der Waals surface area contributed by atoms with E-state index in [0.717, 1.165) is 16.8 Å². The molecule has 23 heavy (non-hydrogen) atoms. The zero-order chi connectivity index (χ0) is 16.1. The molecule has 3 rings (SSSR count). The lowest BCUT2D eigenvalue weighted by atomic mass is 10.1. The van der Waals surface area contributed by atoms with Crippen molar-refractivity contribution in [1.29, 1.82) is 0 Å². The average Bonchev–Trinajstić information content (AvgIpc) is 2.95. The summed E-state index contributed by atoms with van der Waals surface area (Å²) in [6.45, 7) is 2.47. The monoisotopic (exact) mass is 303 g/mol. The Morgan fingerprint density at radius 3 is 2.39 bits per heavy atom. The van der Waals surface area contributed by atoms with Crippen molar-refractivity contribution in [2.75, 3.05) is 0 Å². The van der Waals surface area contributed by atoms with Crippen LogP contribution in [-0.2, 0) is 6.54 Å². The van der Waals surface area contributed by atoms with Gasteiger partial charge >= 0.3 is 0 Å². The molecule has 1 aromatic heterocycles. The van der Waals surface area contributed by atoms with Gasteiger partial charge in [0.2, 0.25) is 5.78 Å². The van der Waals surface area contributed by atoms with Gasteiger partial charge in [-0.3, -0.25) is 4.79 Å². The summed E-state index contributed by atoms with van der Waals surface area (Å²) in [5.41, 5.74) is 3.28. The van der Waals surface area contributed by atoms with Crippen LogP contribution in [0.2, 0.25) is 0 Å². The van der Waals surface area contributed by atoms with E-state index in [1.165, 1.54) is 0 Å². The molecular formula is C19H17N3O. The summed E-state index contributed by atoms with van der Waals surface area (Å²) >= 11 is 0. The first kappa shape index (κ1) is 14.9. The molecule has 0 spiro atoms. The number of hydrogen-bond donors (Lipinski definition) is 0. The highest BCUT2D eigenvalue weighted by Crippen LogP contribution is 2.10. The van der Waals surface area contributed by atoms with Crippen molar-refractivity contribution in [2.24, 2.45) is 0 Å². The van der Waals surface area contributed by atoms with Crippen LogP contribution in [0.15, 0.2) is 66.7 Å². The molecular weight excluding hydrogens is 286 g/mol. The minimum Gasteiger partial charge on any atom is -0.287 e. The number of allylic oxidation sites excluding steroid dienone is 1. The van der Waals surface area contributed by atoms with Gasteiger partial charge in [-0.15, -0.1) is 5.10 Å². The Hall–Kier alpha value is -3.01. The minimum atomic E-state index is -0.134. The molecule has 0 aliphatic heterocycles. The number of ketones is 1. The number of nitrogens with zero attached hydrogens (tertiary/aromatic N) is 3. The highest BCUT2D eigenvalue weighted by Gasteiger charge is 2.14. The Balaban J connectivity index is 1.76. The van der Waals surface area contributed by atoms with Gasteiger partial charge in [0.1, 0.15) is 0 Å². The fourth-order valence-electron chi connectivity index (χ4n) is 2.31. The zero-order valence-corrected chi connectivity index (χ0v) is 12.9. The molecule has 2 aromatic carbocycles. The minimum absolute atomic E-state index is 0.134. The molecule has 0 bridgehead atoms. The van der Waals surface area contributed by atoms with E-state index in [0.29, 0.717) is 12.2 Å². The van der Waals surface area contributed by atoms with Gasteiger partial charge in [0, 0.05) is 0 Å². The second-order valence-corrected chi connectivity index (χ2v) is 5.27. The van der Waals surface area contributed by atoms with Crippen molar-refractivity contribution < 1.29 is 4.79 Å². The Bertz CT molecular complexity index is 820. The van der Waals surface area contributed by atoms with E-state index in [4.69, 9.17) is 0 Å². The van der Waals surface area contributed by atoms with Crippen LogP contribution >= 0.6 is 0 Å². The molecule has 0 radical (unpaired) electrons. The third-order valence-corrected chi connectivity index (χ3v) is 3.62. The maximum absolute atomic E-state index is 12.3. The predicted octanol–water partition coefficient (Wildman–Crippen LogP) is 3.53. The van der Waals surface area contributed by atoms with Crippen LogP contribution in [0.5, 0.6) is 0 Å². The van der Waals surface area contributed by atoms with Gasteiger partial charge in [-0.2, -0.15) is 0 Å². The molecule has 114 valence electrons. The molecule has 0 atom stereocenters. The number of carbonyl (C=O) groups is 1. The topological polar surface area (TPSA) is 47.8 Å². The second kappa shape index (κ2) is 6.83. The fourth-order valence-corrected chi connectivity index (χ4v) is 2.31. The molecule has 4 heteroatoms. The molecule has 0 N–H and O–H groups in total. The lowest BCUT2D eigenvalue weighted by Crippen LogP contribution is -2.05. The maximum Gasteiger partial charge on any atom is 0.208 e. The Morgan fingerprint density at radius 2 is 1.70 bits per heavy atom. The Morgan fingerprint density at radius 1 is 1.04 bits per heavy atom. The molecule has 3 aromatic rings. The van der Waals surface area contributed by atoms with Gasteiger partial charge in [0.15, 0.2) is 5.69 Å². The van der Waals surface area contributed by atoms with E-state index in [2.05, 4.69) is 10.3 Å². The smallest absolute Gasteiger partial charge is 0.208 e. The molecule has 0 aliphatic carbocycles. The van der Waals surface area contributed by atoms with E-state index < -0.39 is 0 Å². The van der Waals surface area contributed by atoms with E-state index >= 15 is 0 Å². The SMILES string of the molecule is Cc1c(C(=O)C=Cc2ccccc2)nnn1Cc1ccccc1. The Kier molecular flexibility index (Phi) is 4.43. The van der Waals surface area contributed by atoms with Gasteiger partial charge in [-0.25, -0.2) is 4.68 Å². The number of hydrogen-bond acceptors (Lipinski definition) is 3. The van der Waals surface area contributed by atoms with Gasteiger partial charge in [-0.1, -0.05) is 72.0 Å². The normalized spacial score (nSPS) is 11.0. The summed E-state index contributed by atoms with van der Waals surface area (Å²) in [6, 6.07) is 19.7. The predicted molar refractivity (Wildman–Crippen MR) is 90.1 cm³/mol. The maximum atomic E-state index is 12.3. The van der Waals surface area contributed by atoms with E-state index in [1.807, 2.05) is 67.6 Å². The van der Waals surface area contributed by atoms with Gasteiger partial charge in [0.05, 0.1) is 12.2 Å². The summed E-state index contributed by atoms with van der Waals surface area (Å²) in [5, 5.41) is 8.14. The van der Waals surface area contributed by atoms with Crippen LogP contribution in [0.1, 0.15) is 27.3 Å². The first-order valence-electron chi connectivity index (χ1n) is 7.45. The number of aromatic nitrogens is 3. The molecule has 1 heterocycles. The van der Waals surface area contributed by atoms with Crippen LogP contribution in [0.25, 0.3) is 6.08 Å². The highest BCUT2D eigenvalue weighted by molar-refractivity contribution is 6.06. The van der Waals surface area contributed by atoms with Gasteiger partial charge in [0.25, 0.3) is 0 Å². The van der Waals surface area contributed by atoms with Crippen molar-refractivity contribution in [3.05, 3.63) is 89.3 Å². The molecule has 0 saturated heterocycles. The summed E-state index contributed by atoms with van der Waals surface area (Å²) in [5.74, 6) is -0.134. The third kappa shape index (κ3) is 3.61. The molecule has 0 amide bonds. The lowest BCUT2D eigenvalue weighted by Gasteiger charge is -2.03. The summed E-state index contributed by atoms with van der Waals surface area (Å²) in [7, 11) is 0. The lowest BCUT2D eigenvalue weighted by molar-refractivity contribution is 0.104. The standard InChI is InChI=1S/C19H17N3O/c1-15-19(18(23)13-12-16-8-4-2-5-9-16)20-21-22(15)14-17-10-6-3-7-11-17/h2-13H,14H2,1H3. The zero-order valence-electron chi connectivity index (χ0n) is 12.9. The average molecular weight is 303 g/mol. The molecule has 4 nitrogen and oxygen atoms in total. The summed E-state index contributed by atoms with van der Waals surface area (Å²) in [4.78, 5) is 12.3. The van der Waals surface area contributed by atoms with Crippen LogP contribution < -0.4 is 0 Å². The van der Waals surface area contributed by atoms with Crippen LogP contribution in [0, 0.1) is 6.92 Å². The highest BCUT2D eigenvalue weighted by atomic mass is 16.1. The largest absolute Gasteiger partial charge is 0.287 e. The molecule has 0 fully saturated rings. The summed E-state index contributed by atoms with van der Waals surface area (Å²) in [6.07, 6.45) is 3.33. The molecule has 0 aliphatic rings.